The van der Waals surface area contributed by atoms with Gasteiger partial charge < -0.3 is 4.90 Å². The van der Waals surface area contributed by atoms with Crippen LogP contribution in [0.15, 0.2) is 0 Å². The molecular weight excluding hydrogens is 248 g/mol. The largest absolute Gasteiger partial charge is 0.323 e. The van der Waals surface area contributed by atoms with Crippen LogP contribution in [-0.2, 0) is 4.79 Å². The van der Waals surface area contributed by atoms with Crippen molar-refractivity contribution in [1.29, 1.82) is 0 Å². The highest BCUT2D eigenvalue weighted by atomic mass is 16.2. The standard InChI is InChI=1S/C17H34N2O/c1-7-9-10-11-14(5)19-15(12-13(3)4)18-17(6,8-2)16(19)20/h13-15,18H,7-12H2,1-6H3. The summed E-state index contributed by atoms with van der Waals surface area (Å²) in [6.07, 6.45) is 6.96. The minimum Gasteiger partial charge on any atom is -0.323 e. The van der Waals surface area contributed by atoms with Crippen molar-refractivity contribution in [3.05, 3.63) is 0 Å². The number of carbonyl (C=O) groups excluding carboxylic acids is 1. The van der Waals surface area contributed by atoms with Gasteiger partial charge in [-0.3, -0.25) is 10.1 Å². The van der Waals surface area contributed by atoms with Crippen LogP contribution in [0.3, 0.4) is 0 Å². The van der Waals surface area contributed by atoms with Crippen LogP contribution in [-0.4, -0.2) is 28.6 Å². The highest BCUT2D eigenvalue weighted by Crippen LogP contribution is 2.29. The molecule has 1 N–H and O–H groups in total. The number of nitrogens with one attached hydrogen (secondary N) is 1. The second kappa shape index (κ2) is 7.44. The smallest absolute Gasteiger partial charge is 0.244 e. The van der Waals surface area contributed by atoms with E-state index in [1.165, 1.54) is 19.3 Å². The van der Waals surface area contributed by atoms with Crippen molar-refractivity contribution in [3.63, 3.8) is 0 Å². The highest BCUT2D eigenvalue weighted by molar-refractivity contribution is 5.88. The van der Waals surface area contributed by atoms with Crippen LogP contribution >= 0.6 is 0 Å². The number of amides is 1. The molecule has 1 heterocycles. The van der Waals surface area contributed by atoms with Gasteiger partial charge in [0.25, 0.3) is 0 Å². The molecular formula is C17H34N2O. The maximum atomic E-state index is 12.8. The first-order chi connectivity index (χ1) is 9.35. The molecule has 3 atom stereocenters. The predicted octanol–water partition coefficient (Wildman–Crippen LogP) is 3.93. The van der Waals surface area contributed by atoms with E-state index in [4.69, 9.17) is 0 Å². The quantitative estimate of drug-likeness (QED) is 0.684. The van der Waals surface area contributed by atoms with Gasteiger partial charge >= 0.3 is 0 Å². The molecule has 0 saturated carbocycles. The molecule has 3 nitrogen and oxygen atoms in total. The summed E-state index contributed by atoms with van der Waals surface area (Å²) in [6.45, 7) is 13.1. The monoisotopic (exact) mass is 282 g/mol. The maximum Gasteiger partial charge on any atom is 0.244 e. The zero-order chi connectivity index (χ0) is 15.3. The molecule has 3 heteroatoms. The molecule has 0 aromatic rings. The van der Waals surface area contributed by atoms with E-state index < -0.39 is 0 Å². The van der Waals surface area contributed by atoms with Crippen LogP contribution in [0.5, 0.6) is 0 Å². The van der Waals surface area contributed by atoms with E-state index in [0.29, 0.717) is 17.9 Å². The summed E-state index contributed by atoms with van der Waals surface area (Å²) in [4.78, 5) is 14.9. The summed E-state index contributed by atoms with van der Waals surface area (Å²) < 4.78 is 0. The Balaban J connectivity index is 2.78. The van der Waals surface area contributed by atoms with Crippen molar-refractivity contribution in [3.8, 4) is 0 Å². The average molecular weight is 282 g/mol. The number of hydrogen-bond acceptors (Lipinski definition) is 2. The van der Waals surface area contributed by atoms with Crippen molar-refractivity contribution >= 4 is 5.91 Å². The zero-order valence-electron chi connectivity index (χ0n) is 14.3. The first-order valence-electron chi connectivity index (χ1n) is 8.46. The highest BCUT2D eigenvalue weighted by Gasteiger charge is 2.47. The van der Waals surface area contributed by atoms with Crippen LogP contribution in [0, 0.1) is 5.92 Å². The third-order valence-electron chi connectivity index (χ3n) is 4.63. The van der Waals surface area contributed by atoms with Crippen molar-refractivity contribution in [2.24, 2.45) is 5.92 Å². The third kappa shape index (κ3) is 3.97. The van der Waals surface area contributed by atoms with Gasteiger partial charge in [0.15, 0.2) is 0 Å². The van der Waals surface area contributed by atoms with Gasteiger partial charge in [-0.1, -0.05) is 47.0 Å². The molecule has 3 unspecified atom stereocenters. The van der Waals surface area contributed by atoms with E-state index in [-0.39, 0.29) is 11.7 Å². The third-order valence-corrected chi connectivity index (χ3v) is 4.63. The van der Waals surface area contributed by atoms with Gasteiger partial charge in [0, 0.05) is 6.04 Å². The lowest BCUT2D eigenvalue weighted by atomic mass is 9.98. The van der Waals surface area contributed by atoms with Gasteiger partial charge in [0.05, 0.1) is 11.7 Å². The van der Waals surface area contributed by atoms with Crippen molar-refractivity contribution in [2.75, 3.05) is 0 Å². The fraction of sp³-hybridized carbons (Fsp3) is 0.941. The summed E-state index contributed by atoms with van der Waals surface area (Å²) in [7, 11) is 0. The van der Waals surface area contributed by atoms with Crippen LogP contribution in [0.1, 0.15) is 80.1 Å². The van der Waals surface area contributed by atoms with E-state index in [1.54, 1.807) is 0 Å². The van der Waals surface area contributed by atoms with E-state index in [2.05, 4.69) is 51.8 Å². The number of nitrogens with zero attached hydrogens (tertiary/aromatic N) is 1. The minimum atomic E-state index is -0.363. The van der Waals surface area contributed by atoms with E-state index in [9.17, 15) is 4.79 Å². The molecule has 1 aliphatic heterocycles. The molecule has 0 aromatic carbocycles. The van der Waals surface area contributed by atoms with Gasteiger partial charge in [-0.05, 0) is 39.0 Å². The van der Waals surface area contributed by atoms with E-state index >= 15 is 0 Å². The number of rotatable bonds is 8. The van der Waals surface area contributed by atoms with Crippen molar-refractivity contribution in [1.82, 2.24) is 10.2 Å². The Bertz CT molecular complexity index is 316. The molecule has 0 aromatic heterocycles. The molecule has 0 bridgehead atoms. The van der Waals surface area contributed by atoms with Crippen molar-refractivity contribution in [2.45, 2.75) is 97.8 Å². The fourth-order valence-electron chi connectivity index (χ4n) is 3.13. The molecule has 1 aliphatic rings. The molecule has 1 saturated heterocycles. The Morgan fingerprint density at radius 3 is 2.40 bits per heavy atom. The minimum absolute atomic E-state index is 0.212. The number of carbonyl (C=O) groups is 1. The Hall–Kier alpha value is -0.570. The molecule has 0 spiro atoms. The molecule has 118 valence electrons. The van der Waals surface area contributed by atoms with Crippen LogP contribution in [0.2, 0.25) is 0 Å². The summed E-state index contributed by atoms with van der Waals surface area (Å²) >= 11 is 0. The summed E-state index contributed by atoms with van der Waals surface area (Å²) in [5, 5.41) is 3.60. The SMILES string of the molecule is CCCCCC(C)N1C(=O)C(C)(CC)NC1CC(C)C. The van der Waals surface area contributed by atoms with Crippen LogP contribution < -0.4 is 5.32 Å². The lowest BCUT2D eigenvalue weighted by Crippen LogP contribution is -2.44. The second-order valence-corrected chi connectivity index (χ2v) is 7.03. The molecule has 20 heavy (non-hydrogen) atoms. The number of unbranched alkanes of at least 4 members (excludes halogenated alkanes) is 2. The van der Waals surface area contributed by atoms with E-state index in [1.807, 2.05) is 0 Å². The Morgan fingerprint density at radius 2 is 1.90 bits per heavy atom. The van der Waals surface area contributed by atoms with E-state index in [0.717, 1.165) is 19.3 Å². The number of hydrogen-bond donors (Lipinski definition) is 1. The Labute approximate surface area is 125 Å². The van der Waals surface area contributed by atoms with Gasteiger partial charge in [-0.15, -0.1) is 0 Å². The van der Waals surface area contributed by atoms with Gasteiger partial charge in [-0.25, -0.2) is 0 Å². The lowest BCUT2D eigenvalue weighted by Gasteiger charge is -2.31. The van der Waals surface area contributed by atoms with Crippen LogP contribution in [0.25, 0.3) is 0 Å². The zero-order valence-corrected chi connectivity index (χ0v) is 14.3. The molecule has 0 aliphatic carbocycles. The molecule has 0 radical (unpaired) electrons. The summed E-state index contributed by atoms with van der Waals surface area (Å²) in [5.74, 6) is 0.902. The van der Waals surface area contributed by atoms with Gasteiger partial charge in [0.2, 0.25) is 5.91 Å². The fourth-order valence-corrected chi connectivity index (χ4v) is 3.13. The van der Waals surface area contributed by atoms with Gasteiger partial charge in [0.1, 0.15) is 0 Å². The Morgan fingerprint density at radius 1 is 1.25 bits per heavy atom. The first-order valence-corrected chi connectivity index (χ1v) is 8.46. The predicted molar refractivity (Wildman–Crippen MR) is 85.5 cm³/mol. The maximum absolute atomic E-state index is 12.8. The Kier molecular flexibility index (Phi) is 6.50. The topological polar surface area (TPSA) is 32.3 Å². The summed E-state index contributed by atoms with van der Waals surface area (Å²) in [5.41, 5.74) is -0.363. The average Bonchev–Trinajstić information content (AvgIpc) is 2.61. The molecule has 1 fully saturated rings. The van der Waals surface area contributed by atoms with Crippen molar-refractivity contribution < 1.29 is 4.79 Å². The normalized spacial score (nSPS) is 28.4. The first kappa shape index (κ1) is 17.5. The molecule has 1 rings (SSSR count). The summed E-state index contributed by atoms with van der Waals surface area (Å²) in [6, 6.07) is 0.346. The van der Waals surface area contributed by atoms with Crippen LogP contribution in [0.4, 0.5) is 0 Å². The van der Waals surface area contributed by atoms with Gasteiger partial charge in [-0.2, -0.15) is 0 Å². The second-order valence-electron chi connectivity index (χ2n) is 7.03. The molecule has 1 amide bonds. The lowest BCUT2D eigenvalue weighted by molar-refractivity contribution is -0.135.